The number of rotatable bonds is 4. The maximum Gasteiger partial charge on any atom is 0.238 e. The molecule has 1 fully saturated rings. The average Bonchev–Trinajstić information content (AvgIpc) is 2.59. The molecule has 0 radical (unpaired) electrons. The second-order valence-electron chi connectivity index (χ2n) is 7.46. The zero-order valence-electron chi connectivity index (χ0n) is 16.2. The summed E-state index contributed by atoms with van der Waals surface area (Å²) in [6, 6.07) is 15.1. The number of anilines is 2. The molecule has 26 heavy (non-hydrogen) atoms. The predicted molar refractivity (Wildman–Crippen MR) is 109 cm³/mol. The van der Waals surface area contributed by atoms with Gasteiger partial charge in [-0.05, 0) is 63.1 Å². The van der Waals surface area contributed by atoms with Crippen molar-refractivity contribution in [1.82, 2.24) is 4.90 Å². The van der Waals surface area contributed by atoms with Gasteiger partial charge < -0.3 is 10.2 Å². The first-order valence-electron chi connectivity index (χ1n) is 9.35. The Balaban J connectivity index is 1.54. The fourth-order valence-electron chi connectivity index (χ4n) is 3.52. The third-order valence-corrected chi connectivity index (χ3v) is 5.24. The third kappa shape index (κ3) is 4.44. The van der Waals surface area contributed by atoms with Crippen LogP contribution in [0.1, 0.15) is 23.6 Å². The first kappa shape index (κ1) is 18.5. The van der Waals surface area contributed by atoms with E-state index in [1.54, 1.807) is 0 Å². The summed E-state index contributed by atoms with van der Waals surface area (Å²) in [5, 5.41) is 3.03. The second-order valence-corrected chi connectivity index (χ2v) is 7.46. The number of nitrogens with zero attached hydrogens (tertiary/aromatic N) is 2. The topological polar surface area (TPSA) is 35.6 Å². The smallest absolute Gasteiger partial charge is 0.238 e. The van der Waals surface area contributed by atoms with Crippen molar-refractivity contribution in [3.05, 3.63) is 59.2 Å². The average molecular weight is 351 g/mol. The van der Waals surface area contributed by atoms with Crippen LogP contribution in [0.25, 0.3) is 0 Å². The highest BCUT2D eigenvalue weighted by atomic mass is 16.2. The molecule has 0 bridgehead atoms. The van der Waals surface area contributed by atoms with Crippen LogP contribution in [-0.4, -0.2) is 43.0 Å². The maximum absolute atomic E-state index is 12.4. The fourth-order valence-corrected chi connectivity index (χ4v) is 3.52. The van der Waals surface area contributed by atoms with E-state index in [1.165, 1.54) is 22.4 Å². The van der Waals surface area contributed by atoms with E-state index in [0.29, 0.717) is 12.6 Å². The van der Waals surface area contributed by atoms with E-state index in [9.17, 15) is 4.79 Å². The Morgan fingerprint density at radius 2 is 1.77 bits per heavy atom. The van der Waals surface area contributed by atoms with Crippen LogP contribution in [-0.2, 0) is 4.79 Å². The van der Waals surface area contributed by atoms with Crippen molar-refractivity contribution < 1.29 is 4.79 Å². The van der Waals surface area contributed by atoms with Gasteiger partial charge in [0, 0.05) is 37.1 Å². The van der Waals surface area contributed by atoms with Crippen molar-refractivity contribution in [2.45, 2.75) is 33.7 Å². The summed E-state index contributed by atoms with van der Waals surface area (Å²) in [6.45, 7) is 11.7. The lowest BCUT2D eigenvalue weighted by atomic mass is 10.1. The van der Waals surface area contributed by atoms with E-state index in [-0.39, 0.29) is 5.91 Å². The number of carbonyl (C=O) groups is 1. The Hall–Kier alpha value is -2.33. The Bertz CT molecular complexity index is 769. The molecular weight excluding hydrogens is 322 g/mol. The highest BCUT2D eigenvalue weighted by molar-refractivity contribution is 5.92. The number of nitrogens with one attached hydrogen (secondary N) is 1. The largest absolute Gasteiger partial charge is 0.366 e. The van der Waals surface area contributed by atoms with Gasteiger partial charge >= 0.3 is 0 Å². The van der Waals surface area contributed by atoms with Gasteiger partial charge in [-0.25, -0.2) is 0 Å². The second kappa shape index (κ2) is 7.92. The van der Waals surface area contributed by atoms with E-state index in [0.717, 1.165) is 25.3 Å². The molecule has 0 saturated carbocycles. The molecule has 4 nitrogen and oxygen atoms in total. The van der Waals surface area contributed by atoms with Crippen LogP contribution >= 0.6 is 0 Å². The van der Waals surface area contributed by atoms with Gasteiger partial charge in [-0.1, -0.05) is 23.8 Å². The predicted octanol–water partition coefficient (Wildman–Crippen LogP) is 3.76. The van der Waals surface area contributed by atoms with Gasteiger partial charge in [0.05, 0.1) is 6.54 Å². The van der Waals surface area contributed by atoms with E-state index >= 15 is 0 Å². The van der Waals surface area contributed by atoms with Crippen molar-refractivity contribution in [3.63, 3.8) is 0 Å². The molecule has 2 aromatic carbocycles. The lowest BCUT2D eigenvalue weighted by Gasteiger charge is -2.41. The van der Waals surface area contributed by atoms with E-state index in [2.05, 4.69) is 67.1 Å². The molecule has 1 N–H and O–H groups in total. The molecule has 1 saturated heterocycles. The third-order valence-electron chi connectivity index (χ3n) is 5.24. The van der Waals surface area contributed by atoms with Crippen LogP contribution in [0, 0.1) is 20.8 Å². The summed E-state index contributed by atoms with van der Waals surface area (Å²) in [6.07, 6.45) is 0. The summed E-state index contributed by atoms with van der Waals surface area (Å²) >= 11 is 0. The summed E-state index contributed by atoms with van der Waals surface area (Å²) in [5.41, 5.74) is 5.86. The normalized spacial score (nSPS) is 18.0. The standard InChI is InChI=1S/C22H29N3O/c1-16-5-9-21(10-6-16)25-12-11-24(14-19(25)4)15-22(26)23-20-8-7-17(2)18(3)13-20/h5-10,13,19H,11-12,14-15H2,1-4H3,(H,23,26)/t19-/m0/s1. The molecule has 3 rings (SSSR count). The molecule has 1 amide bonds. The van der Waals surface area contributed by atoms with Gasteiger partial charge in [0.15, 0.2) is 0 Å². The van der Waals surface area contributed by atoms with Gasteiger partial charge in [-0.2, -0.15) is 0 Å². The minimum Gasteiger partial charge on any atom is -0.366 e. The monoisotopic (exact) mass is 351 g/mol. The van der Waals surface area contributed by atoms with Gasteiger partial charge in [-0.15, -0.1) is 0 Å². The van der Waals surface area contributed by atoms with Crippen LogP contribution in [0.2, 0.25) is 0 Å². The van der Waals surface area contributed by atoms with Crippen LogP contribution in [0.5, 0.6) is 0 Å². The molecule has 1 atom stereocenters. The van der Waals surface area contributed by atoms with Crippen molar-refractivity contribution >= 4 is 17.3 Å². The first-order chi connectivity index (χ1) is 12.4. The summed E-state index contributed by atoms with van der Waals surface area (Å²) in [4.78, 5) is 17.1. The van der Waals surface area contributed by atoms with Crippen molar-refractivity contribution in [2.24, 2.45) is 0 Å². The SMILES string of the molecule is Cc1ccc(N2CCN(CC(=O)Nc3ccc(C)c(C)c3)C[C@@H]2C)cc1. The summed E-state index contributed by atoms with van der Waals surface area (Å²) in [7, 11) is 0. The molecule has 4 heteroatoms. The highest BCUT2D eigenvalue weighted by Gasteiger charge is 2.25. The van der Waals surface area contributed by atoms with Gasteiger partial charge in [0.25, 0.3) is 0 Å². The van der Waals surface area contributed by atoms with Crippen LogP contribution in [0.4, 0.5) is 11.4 Å². The zero-order valence-corrected chi connectivity index (χ0v) is 16.2. The van der Waals surface area contributed by atoms with Crippen LogP contribution < -0.4 is 10.2 Å². The number of benzene rings is 2. The molecule has 0 aliphatic carbocycles. The molecule has 1 aliphatic heterocycles. The van der Waals surface area contributed by atoms with Crippen LogP contribution in [0.3, 0.4) is 0 Å². The minimum absolute atomic E-state index is 0.0595. The molecule has 1 heterocycles. The molecule has 2 aromatic rings. The van der Waals surface area contributed by atoms with Crippen molar-refractivity contribution in [1.29, 1.82) is 0 Å². The number of piperazine rings is 1. The zero-order chi connectivity index (χ0) is 18.7. The van der Waals surface area contributed by atoms with E-state index < -0.39 is 0 Å². The molecule has 138 valence electrons. The maximum atomic E-state index is 12.4. The van der Waals surface area contributed by atoms with Crippen LogP contribution in [0.15, 0.2) is 42.5 Å². The summed E-state index contributed by atoms with van der Waals surface area (Å²) < 4.78 is 0. The number of hydrogen-bond acceptors (Lipinski definition) is 3. The van der Waals surface area contributed by atoms with Gasteiger partial charge in [0.2, 0.25) is 5.91 Å². The van der Waals surface area contributed by atoms with E-state index in [1.807, 2.05) is 18.2 Å². The number of carbonyl (C=O) groups excluding carboxylic acids is 1. The Kier molecular flexibility index (Phi) is 5.62. The van der Waals surface area contributed by atoms with Crippen molar-refractivity contribution in [3.8, 4) is 0 Å². The van der Waals surface area contributed by atoms with Gasteiger partial charge in [-0.3, -0.25) is 9.69 Å². The van der Waals surface area contributed by atoms with Crippen molar-refractivity contribution in [2.75, 3.05) is 36.4 Å². The summed E-state index contributed by atoms with van der Waals surface area (Å²) in [5.74, 6) is 0.0595. The first-order valence-corrected chi connectivity index (χ1v) is 9.35. The minimum atomic E-state index is 0.0595. The lowest BCUT2D eigenvalue weighted by molar-refractivity contribution is -0.117. The molecule has 0 spiro atoms. The lowest BCUT2D eigenvalue weighted by Crippen LogP contribution is -2.53. The van der Waals surface area contributed by atoms with E-state index in [4.69, 9.17) is 0 Å². The fraction of sp³-hybridized carbons (Fsp3) is 0.409. The molecular formula is C22H29N3O. The number of aryl methyl sites for hydroxylation is 3. The Labute approximate surface area is 156 Å². The Morgan fingerprint density at radius 3 is 2.42 bits per heavy atom. The number of hydrogen-bond donors (Lipinski definition) is 1. The van der Waals surface area contributed by atoms with Gasteiger partial charge in [0.1, 0.15) is 0 Å². The molecule has 0 aromatic heterocycles. The highest BCUT2D eigenvalue weighted by Crippen LogP contribution is 2.21. The Morgan fingerprint density at radius 1 is 1.04 bits per heavy atom. The number of amides is 1. The quantitative estimate of drug-likeness (QED) is 0.911. The molecule has 1 aliphatic rings. The molecule has 0 unspecified atom stereocenters.